The van der Waals surface area contributed by atoms with Crippen molar-refractivity contribution in [3.8, 4) is 0 Å². The van der Waals surface area contributed by atoms with Crippen LogP contribution < -0.4 is 0 Å². The second kappa shape index (κ2) is 2.43. The minimum Gasteiger partial charge on any atom is -0.299 e. The summed E-state index contributed by atoms with van der Waals surface area (Å²) in [6.45, 7) is 0. The van der Waals surface area contributed by atoms with E-state index in [2.05, 4.69) is 0 Å². The molecule has 0 saturated heterocycles. The van der Waals surface area contributed by atoms with E-state index in [1.807, 2.05) is 0 Å². The molecule has 2 fully saturated rings. The Morgan fingerprint density at radius 3 is 2.00 bits per heavy atom. The summed E-state index contributed by atoms with van der Waals surface area (Å²) in [6, 6.07) is 0. The van der Waals surface area contributed by atoms with Crippen LogP contribution in [0.15, 0.2) is 0 Å². The Balaban J connectivity index is 2.17. The van der Waals surface area contributed by atoms with E-state index in [1.54, 1.807) is 0 Å². The molecule has 2 heteroatoms. The molecule has 0 heterocycles. The fraction of sp³-hybridized carbons (Fsp3) is 0.778. The number of carbonyl (C=O) groups is 2. The first kappa shape index (κ1) is 7.01. The first-order chi connectivity index (χ1) is 5.27. The lowest BCUT2D eigenvalue weighted by atomic mass is 9.71. The van der Waals surface area contributed by atoms with E-state index in [-0.39, 0.29) is 17.5 Å². The number of rotatable bonds is 0. The van der Waals surface area contributed by atoms with Crippen LogP contribution in [-0.2, 0) is 9.59 Å². The van der Waals surface area contributed by atoms with Gasteiger partial charge < -0.3 is 0 Å². The highest BCUT2D eigenvalue weighted by Crippen LogP contribution is 2.35. The first-order valence-electron chi connectivity index (χ1n) is 4.33. The van der Waals surface area contributed by atoms with Crippen molar-refractivity contribution in [1.29, 1.82) is 0 Å². The van der Waals surface area contributed by atoms with Gasteiger partial charge in [-0.3, -0.25) is 9.59 Å². The van der Waals surface area contributed by atoms with Crippen LogP contribution in [0.2, 0.25) is 0 Å². The molecule has 2 saturated carbocycles. The second-order valence-corrected chi connectivity index (χ2v) is 3.66. The average Bonchev–Trinajstić information content (AvgIpc) is 2.02. The molecule has 0 aromatic carbocycles. The molecular weight excluding hydrogens is 140 g/mol. The minimum absolute atomic E-state index is 0.192. The van der Waals surface area contributed by atoms with Crippen LogP contribution in [0, 0.1) is 11.8 Å². The van der Waals surface area contributed by atoms with Gasteiger partial charge in [0.1, 0.15) is 11.6 Å². The van der Waals surface area contributed by atoms with Crippen LogP contribution >= 0.6 is 0 Å². The van der Waals surface area contributed by atoms with Crippen LogP contribution in [-0.4, -0.2) is 11.6 Å². The molecule has 0 spiro atoms. The average molecular weight is 152 g/mol. The summed E-state index contributed by atoms with van der Waals surface area (Å²) < 4.78 is 0. The van der Waals surface area contributed by atoms with Gasteiger partial charge in [0.2, 0.25) is 0 Å². The summed E-state index contributed by atoms with van der Waals surface area (Å²) >= 11 is 0. The Bertz CT molecular complexity index is 188. The van der Waals surface area contributed by atoms with Crippen molar-refractivity contribution in [1.82, 2.24) is 0 Å². The maximum absolute atomic E-state index is 11.2. The van der Waals surface area contributed by atoms with Crippen molar-refractivity contribution in [2.75, 3.05) is 0 Å². The minimum atomic E-state index is -0.192. The number of Topliss-reactive ketones (excluding diaryl/α,β-unsaturated/α-hetero) is 2. The maximum atomic E-state index is 11.2. The van der Waals surface area contributed by atoms with Crippen LogP contribution in [0.5, 0.6) is 0 Å². The molecule has 0 aromatic rings. The van der Waals surface area contributed by atoms with Gasteiger partial charge in [-0.25, -0.2) is 0 Å². The Labute approximate surface area is 66.0 Å². The predicted octanol–water partition coefficient (Wildman–Crippen LogP) is 1.33. The quantitative estimate of drug-likeness (QED) is 0.491. The van der Waals surface area contributed by atoms with Crippen molar-refractivity contribution < 1.29 is 9.59 Å². The number of ketones is 2. The zero-order valence-corrected chi connectivity index (χ0v) is 6.51. The largest absolute Gasteiger partial charge is 0.299 e. The number of hydrogen-bond acceptors (Lipinski definition) is 2. The van der Waals surface area contributed by atoms with E-state index in [9.17, 15) is 9.59 Å². The number of hydrogen-bond donors (Lipinski definition) is 0. The Morgan fingerprint density at radius 1 is 1.00 bits per heavy atom. The van der Waals surface area contributed by atoms with Gasteiger partial charge in [-0.2, -0.15) is 0 Å². The molecular formula is C9H12O2. The van der Waals surface area contributed by atoms with Gasteiger partial charge in [-0.1, -0.05) is 0 Å². The summed E-state index contributed by atoms with van der Waals surface area (Å²) in [5.41, 5.74) is 0. The van der Waals surface area contributed by atoms with Gasteiger partial charge in [-0.05, 0) is 25.2 Å². The van der Waals surface area contributed by atoms with Crippen LogP contribution in [0.3, 0.4) is 0 Å². The van der Waals surface area contributed by atoms with Crippen molar-refractivity contribution in [3.63, 3.8) is 0 Å². The molecule has 2 aliphatic rings. The molecule has 0 atom stereocenters. The van der Waals surface area contributed by atoms with Gasteiger partial charge in [0.05, 0.1) is 5.92 Å². The lowest BCUT2D eigenvalue weighted by Gasteiger charge is -2.31. The highest BCUT2D eigenvalue weighted by molar-refractivity contribution is 6.03. The third-order valence-electron chi connectivity index (χ3n) is 2.94. The second-order valence-electron chi connectivity index (χ2n) is 3.66. The zero-order chi connectivity index (χ0) is 7.84. The summed E-state index contributed by atoms with van der Waals surface area (Å²) in [7, 11) is 0. The van der Waals surface area contributed by atoms with E-state index in [1.165, 1.54) is 0 Å². The fourth-order valence-electron chi connectivity index (χ4n) is 2.20. The molecule has 0 amide bonds. The number of fused-ring (bicyclic) bond motifs is 2. The maximum Gasteiger partial charge on any atom is 0.143 e. The summed E-state index contributed by atoms with van der Waals surface area (Å²) in [5.74, 6) is 0.884. The fourth-order valence-corrected chi connectivity index (χ4v) is 2.20. The summed E-state index contributed by atoms with van der Waals surface area (Å²) in [4.78, 5) is 22.4. The van der Waals surface area contributed by atoms with E-state index < -0.39 is 0 Å². The third-order valence-corrected chi connectivity index (χ3v) is 2.94. The summed E-state index contributed by atoms with van der Waals surface area (Å²) in [6.07, 6.45) is 4.23. The zero-order valence-electron chi connectivity index (χ0n) is 6.51. The van der Waals surface area contributed by atoms with E-state index in [0.29, 0.717) is 18.8 Å². The molecule has 2 nitrogen and oxygen atoms in total. The van der Waals surface area contributed by atoms with Gasteiger partial charge in [-0.15, -0.1) is 0 Å². The topological polar surface area (TPSA) is 34.1 Å². The molecule has 11 heavy (non-hydrogen) atoms. The number of carbonyl (C=O) groups excluding carboxylic acids is 2. The van der Waals surface area contributed by atoms with Gasteiger partial charge in [0, 0.05) is 12.8 Å². The van der Waals surface area contributed by atoms with E-state index >= 15 is 0 Å². The first-order valence-corrected chi connectivity index (χ1v) is 4.33. The molecule has 2 rings (SSSR count). The lowest BCUT2D eigenvalue weighted by Crippen LogP contribution is -2.35. The highest BCUT2D eigenvalue weighted by atomic mass is 16.1. The Kier molecular flexibility index (Phi) is 1.55. The summed E-state index contributed by atoms with van der Waals surface area (Å²) in [5, 5.41) is 0. The monoisotopic (exact) mass is 152 g/mol. The normalized spacial score (nSPS) is 37.5. The van der Waals surface area contributed by atoms with Crippen molar-refractivity contribution >= 4 is 11.6 Å². The van der Waals surface area contributed by atoms with Crippen molar-refractivity contribution in [3.05, 3.63) is 0 Å². The standard InChI is InChI=1S/C9H12O2/c10-8-3-1-6-2-4-9(11)7(8)5-6/h6-7H,1-5H2. The molecule has 60 valence electrons. The third kappa shape index (κ3) is 1.10. The van der Waals surface area contributed by atoms with Gasteiger partial charge in [0.15, 0.2) is 0 Å². The van der Waals surface area contributed by atoms with Gasteiger partial charge in [0.25, 0.3) is 0 Å². The highest BCUT2D eigenvalue weighted by Gasteiger charge is 2.37. The molecule has 0 aliphatic heterocycles. The molecule has 2 bridgehead atoms. The van der Waals surface area contributed by atoms with Crippen LogP contribution in [0.4, 0.5) is 0 Å². The predicted molar refractivity (Wildman–Crippen MR) is 40.1 cm³/mol. The SMILES string of the molecule is O=C1CCC2CCC(=O)C1C2. The molecule has 2 aliphatic carbocycles. The smallest absolute Gasteiger partial charge is 0.143 e. The lowest BCUT2D eigenvalue weighted by molar-refractivity contribution is -0.138. The molecule has 0 unspecified atom stereocenters. The van der Waals surface area contributed by atoms with E-state index in [0.717, 1.165) is 19.3 Å². The van der Waals surface area contributed by atoms with Crippen LogP contribution in [0.25, 0.3) is 0 Å². The molecule has 0 radical (unpaired) electrons. The van der Waals surface area contributed by atoms with E-state index in [4.69, 9.17) is 0 Å². The van der Waals surface area contributed by atoms with Gasteiger partial charge >= 0.3 is 0 Å². The molecule has 0 N–H and O–H groups in total. The van der Waals surface area contributed by atoms with Crippen LogP contribution in [0.1, 0.15) is 32.1 Å². The van der Waals surface area contributed by atoms with Crippen molar-refractivity contribution in [2.45, 2.75) is 32.1 Å². The molecule has 0 aromatic heterocycles. The van der Waals surface area contributed by atoms with Crippen molar-refractivity contribution in [2.24, 2.45) is 11.8 Å². The Hall–Kier alpha value is -0.660. The Morgan fingerprint density at radius 2 is 1.55 bits per heavy atom.